The lowest BCUT2D eigenvalue weighted by Gasteiger charge is -2.28. The zero-order valence-electron chi connectivity index (χ0n) is 19.4. The average molecular weight is 512 g/mol. The van der Waals surface area contributed by atoms with Crippen molar-refractivity contribution in [3.8, 4) is 11.1 Å². The van der Waals surface area contributed by atoms with Gasteiger partial charge in [-0.15, -0.1) is 0 Å². The number of carbonyl (C=O) groups excluding carboxylic acids is 2. The molecule has 37 heavy (non-hydrogen) atoms. The van der Waals surface area contributed by atoms with Crippen LogP contribution in [0.2, 0.25) is 0 Å². The molecule has 0 saturated heterocycles. The van der Waals surface area contributed by atoms with Crippen LogP contribution in [0.15, 0.2) is 78.9 Å². The van der Waals surface area contributed by atoms with Gasteiger partial charge in [0.25, 0.3) is 5.91 Å². The molecule has 0 fully saturated rings. The van der Waals surface area contributed by atoms with Gasteiger partial charge in [0.05, 0.1) is 0 Å². The Morgan fingerprint density at radius 3 is 1.97 bits per heavy atom. The molecule has 10 heteroatoms. The van der Waals surface area contributed by atoms with E-state index < -0.39 is 36.7 Å². The van der Waals surface area contributed by atoms with Gasteiger partial charge in [-0.1, -0.05) is 78.9 Å². The largest absolute Gasteiger partial charge is 0.480 e. The number of fused-ring (bicyclic) bond motifs is 3. The van der Waals surface area contributed by atoms with Crippen molar-refractivity contribution in [2.75, 3.05) is 13.2 Å². The SMILES string of the molecule is O=C(O)CN(Cc1ccccc1)C(=O)C(NC(=O)OCC1c2ccccc2-c2ccccc21)C(F)(F)F. The Kier molecular flexibility index (Phi) is 7.47. The van der Waals surface area contributed by atoms with E-state index >= 15 is 0 Å². The maximum absolute atomic E-state index is 13.8. The van der Waals surface area contributed by atoms with Crippen LogP contribution < -0.4 is 5.32 Å². The van der Waals surface area contributed by atoms with E-state index in [0.29, 0.717) is 10.5 Å². The number of benzene rings is 3. The summed E-state index contributed by atoms with van der Waals surface area (Å²) in [6, 6.07) is 19.9. The number of alkyl carbamates (subject to hydrolysis) is 1. The number of nitrogens with zero attached hydrogens (tertiary/aromatic N) is 1. The molecule has 1 aliphatic carbocycles. The number of carboxylic acid groups (broad SMARTS) is 1. The van der Waals surface area contributed by atoms with Crippen LogP contribution in [0, 0.1) is 0 Å². The van der Waals surface area contributed by atoms with Crippen molar-refractivity contribution in [3.05, 3.63) is 95.6 Å². The van der Waals surface area contributed by atoms with Crippen molar-refractivity contribution < 1.29 is 37.4 Å². The summed E-state index contributed by atoms with van der Waals surface area (Å²) >= 11 is 0. The van der Waals surface area contributed by atoms with E-state index in [-0.39, 0.29) is 19.1 Å². The van der Waals surface area contributed by atoms with Gasteiger partial charge in [0.1, 0.15) is 13.2 Å². The molecule has 0 radical (unpaired) electrons. The first-order valence-electron chi connectivity index (χ1n) is 11.4. The van der Waals surface area contributed by atoms with E-state index in [9.17, 15) is 27.6 Å². The highest BCUT2D eigenvalue weighted by molar-refractivity contribution is 5.89. The molecule has 1 atom stereocenters. The van der Waals surface area contributed by atoms with Crippen LogP contribution >= 0.6 is 0 Å². The third kappa shape index (κ3) is 5.91. The van der Waals surface area contributed by atoms with Gasteiger partial charge < -0.3 is 20.1 Å². The predicted molar refractivity (Wildman–Crippen MR) is 128 cm³/mol. The van der Waals surface area contributed by atoms with Crippen molar-refractivity contribution in [1.82, 2.24) is 10.2 Å². The molecule has 1 unspecified atom stereocenters. The molecule has 2 amide bonds. The number of carboxylic acids is 1. The number of hydrogen-bond acceptors (Lipinski definition) is 4. The van der Waals surface area contributed by atoms with E-state index in [1.54, 1.807) is 35.6 Å². The van der Waals surface area contributed by atoms with E-state index in [2.05, 4.69) is 0 Å². The summed E-state index contributed by atoms with van der Waals surface area (Å²) in [5.41, 5.74) is 4.06. The Morgan fingerprint density at radius 2 is 1.43 bits per heavy atom. The van der Waals surface area contributed by atoms with Crippen molar-refractivity contribution >= 4 is 18.0 Å². The fraction of sp³-hybridized carbons (Fsp3) is 0.222. The molecule has 4 rings (SSSR count). The summed E-state index contributed by atoms with van der Waals surface area (Å²) in [5.74, 6) is -3.49. The van der Waals surface area contributed by atoms with Crippen molar-refractivity contribution in [1.29, 1.82) is 0 Å². The van der Waals surface area contributed by atoms with Gasteiger partial charge in [0.2, 0.25) is 6.04 Å². The Bertz CT molecular complexity index is 1250. The Morgan fingerprint density at radius 1 is 0.892 bits per heavy atom. The van der Waals surface area contributed by atoms with Crippen LogP contribution in [0.25, 0.3) is 11.1 Å². The zero-order valence-corrected chi connectivity index (χ0v) is 19.4. The minimum absolute atomic E-state index is 0.249. The molecular weight excluding hydrogens is 489 g/mol. The second kappa shape index (κ2) is 10.7. The first-order chi connectivity index (χ1) is 17.6. The Labute approximate surface area is 210 Å². The molecule has 7 nitrogen and oxygen atoms in total. The average Bonchev–Trinajstić information content (AvgIpc) is 3.18. The molecular formula is C27H23F3N2O5. The quantitative estimate of drug-likeness (QED) is 0.461. The summed E-state index contributed by atoms with van der Waals surface area (Å²) in [7, 11) is 0. The van der Waals surface area contributed by atoms with Crippen LogP contribution in [-0.2, 0) is 20.9 Å². The van der Waals surface area contributed by atoms with Crippen LogP contribution in [0.1, 0.15) is 22.6 Å². The third-order valence-corrected chi connectivity index (χ3v) is 6.03. The number of amides is 2. The molecule has 2 N–H and O–H groups in total. The number of ether oxygens (including phenoxy) is 1. The van der Waals surface area contributed by atoms with E-state index in [4.69, 9.17) is 9.84 Å². The summed E-state index contributed by atoms with van der Waals surface area (Å²) in [6.07, 6.45) is -6.62. The van der Waals surface area contributed by atoms with Crippen molar-refractivity contribution in [2.24, 2.45) is 0 Å². The first kappa shape index (κ1) is 25.7. The van der Waals surface area contributed by atoms with Gasteiger partial charge in [-0.05, 0) is 27.8 Å². The second-order valence-electron chi connectivity index (χ2n) is 8.52. The van der Waals surface area contributed by atoms with Crippen LogP contribution in [0.4, 0.5) is 18.0 Å². The van der Waals surface area contributed by atoms with Gasteiger partial charge in [-0.2, -0.15) is 13.2 Å². The monoisotopic (exact) mass is 512 g/mol. The van der Waals surface area contributed by atoms with Crippen LogP contribution in [0.5, 0.6) is 0 Å². The number of alkyl halides is 3. The molecule has 0 aliphatic heterocycles. The number of hydrogen-bond donors (Lipinski definition) is 2. The van der Waals surface area contributed by atoms with E-state index in [1.807, 2.05) is 48.5 Å². The number of rotatable bonds is 8. The molecule has 0 bridgehead atoms. The van der Waals surface area contributed by atoms with Crippen LogP contribution in [0.3, 0.4) is 0 Å². The maximum Gasteiger partial charge on any atom is 0.417 e. The highest BCUT2D eigenvalue weighted by Gasteiger charge is 2.48. The van der Waals surface area contributed by atoms with Crippen molar-refractivity contribution in [2.45, 2.75) is 24.7 Å². The van der Waals surface area contributed by atoms with Gasteiger partial charge >= 0.3 is 18.2 Å². The lowest BCUT2D eigenvalue weighted by atomic mass is 9.98. The highest BCUT2D eigenvalue weighted by Crippen LogP contribution is 2.44. The minimum Gasteiger partial charge on any atom is -0.480 e. The molecule has 3 aromatic rings. The molecule has 0 spiro atoms. The Balaban J connectivity index is 1.48. The maximum atomic E-state index is 13.8. The summed E-state index contributed by atoms with van der Waals surface area (Å²) in [5, 5.41) is 10.8. The van der Waals surface area contributed by atoms with Crippen LogP contribution in [-0.4, -0.2) is 53.3 Å². The standard InChI is InChI=1S/C27H23F3N2O5/c28-27(29,30)24(25(35)32(15-23(33)34)14-17-8-2-1-3-9-17)31-26(36)37-16-22-20-12-6-4-10-18(20)19-11-5-7-13-21(19)22/h1-13,22,24H,14-16H2,(H,31,36)(H,33,34). The number of halogens is 3. The van der Waals surface area contributed by atoms with Gasteiger partial charge in [-0.3, -0.25) is 9.59 Å². The summed E-state index contributed by atoms with van der Waals surface area (Å²) in [6.45, 7) is -1.61. The van der Waals surface area contributed by atoms with Gasteiger partial charge in [-0.25, -0.2) is 4.79 Å². The fourth-order valence-electron chi connectivity index (χ4n) is 4.40. The lowest BCUT2D eigenvalue weighted by molar-refractivity contribution is -0.176. The number of carbonyl (C=O) groups is 3. The molecule has 0 saturated carbocycles. The number of nitrogens with one attached hydrogen (secondary N) is 1. The lowest BCUT2D eigenvalue weighted by Crippen LogP contribution is -2.56. The third-order valence-electron chi connectivity index (χ3n) is 6.03. The first-order valence-corrected chi connectivity index (χ1v) is 11.4. The van der Waals surface area contributed by atoms with Gasteiger partial charge in [0, 0.05) is 12.5 Å². The highest BCUT2D eigenvalue weighted by atomic mass is 19.4. The predicted octanol–water partition coefficient (Wildman–Crippen LogP) is 4.57. The molecule has 1 aliphatic rings. The van der Waals surface area contributed by atoms with E-state index in [0.717, 1.165) is 22.3 Å². The topological polar surface area (TPSA) is 95.9 Å². The molecule has 0 heterocycles. The normalized spacial score (nSPS) is 13.3. The molecule has 0 aromatic heterocycles. The Hall–Kier alpha value is -4.34. The molecule has 3 aromatic carbocycles. The van der Waals surface area contributed by atoms with Gasteiger partial charge in [0.15, 0.2) is 0 Å². The molecule has 192 valence electrons. The summed E-state index contributed by atoms with van der Waals surface area (Å²) < 4.78 is 46.7. The van der Waals surface area contributed by atoms with Crippen molar-refractivity contribution in [3.63, 3.8) is 0 Å². The summed E-state index contributed by atoms with van der Waals surface area (Å²) in [4.78, 5) is 37.1. The fourth-order valence-corrected chi connectivity index (χ4v) is 4.40. The second-order valence-corrected chi connectivity index (χ2v) is 8.52. The minimum atomic E-state index is -5.18. The number of aliphatic carboxylic acids is 1. The zero-order chi connectivity index (χ0) is 26.6. The smallest absolute Gasteiger partial charge is 0.417 e. The van der Waals surface area contributed by atoms with E-state index in [1.165, 1.54) is 0 Å².